The van der Waals surface area contributed by atoms with Gasteiger partial charge in [0.25, 0.3) is 5.91 Å². The maximum absolute atomic E-state index is 13.9. The minimum atomic E-state index is -5.02. The lowest BCUT2D eigenvalue weighted by atomic mass is 9.94. The fourth-order valence-corrected chi connectivity index (χ4v) is 4.47. The summed E-state index contributed by atoms with van der Waals surface area (Å²) in [5.74, 6) is -0.120. The predicted molar refractivity (Wildman–Crippen MR) is 139 cm³/mol. The highest BCUT2D eigenvalue weighted by Gasteiger charge is 2.37. The molecule has 12 heteroatoms. The van der Waals surface area contributed by atoms with E-state index in [0.717, 1.165) is 4.90 Å². The number of halogens is 6. The van der Waals surface area contributed by atoms with E-state index >= 15 is 0 Å². The molecule has 216 valence electrons. The molecule has 6 nitrogen and oxygen atoms in total. The van der Waals surface area contributed by atoms with Crippen molar-refractivity contribution in [3.63, 3.8) is 0 Å². The van der Waals surface area contributed by atoms with E-state index < -0.39 is 35.9 Å². The largest absolute Gasteiger partial charge is 0.493 e. The summed E-state index contributed by atoms with van der Waals surface area (Å²) in [7, 11) is 5.45. The van der Waals surface area contributed by atoms with Crippen LogP contribution in [-0.2, 0) is 18.9 Å². The lowest BCUT2D eigenvalue weighted by Gasteiger charge is -2.23. The standard InChI is InChI=1S/C29H24F6N2O4/c1-37(15-16-10-18(28(30,31)32)12-19(11-16)29(33,34)35)27(38)25-24(17-8-6-5-7-9-17)20-13-22(39-2)23(40-3)14-21(20)36-26(25)41-4/h5-14H,15H2,1-4H3. The number of ether oxygens (including phenoxy) is 3. The Morgan fingerprint density at radius 2 is 1.37 bits per heavy atom. The molecule has 0 saturated carbocycles. The minimum absolute atomic E-state index is 0.0380. The normalized spacial score (nSPS) is 11.9. The van der Waals surface area contributed by atoms with Crippen LogP contribution in [0.15, 0.2) is 60.7 Å². The summed E-state index contributed by atoms with van der Waals surface area (Å²) < 4.78 is 96.7. The van der Waals surface area contributed by atoms with Crippen LogP contribution in [0.2, 0.25) is 0 Å². The molecule has 0 fully saturated rings. The van der Waals surface area contributed by atoms with Crippen molar-refractivity contribution in [1.29, 1.82) is 0 Å². The summed E-state index contributed by atoms with van der Waals surface area (Å²) in [5, 5.41) is 0.477. The van der Waals surface area contributed by atoms with E-state index in [0.29, 0.717) is 45.7 Å². The third kappa shape index (κ3) is 6.01. The van der Waals surface area contributed by atoms with Crippen LogP contribution in [0.4, 0.5) is 26.3 Å². The van der Waals surface area contributed by atoms with Gasteiger partial charge in [0.05, 0.1) is 38.0 Å². The van der Waals surface area contributed by atoms with Crippen LogP contribution < -0.4 is 14.2 Å². The highest BCUT2D eigenvalue weighted by atomic mass is 19.4. The molecule has 0 radical (unpaired) electrons. The lowest BCUT2D eigenvalue weighted by molar-refractivity contribution is -0.143. The van der Waals surface area contributed by atoms with Crippen LogP contribution in [0.1, 0.15) is 27.0 Å². The van der Waals surface area contributed by atoms with Gasteiger partial charge in [-0.05, 0) is 35.4 Å². The first-order valence-electron chi connectivity index (χ1n) is 12.0. The Bertz CT molecular complexity index is 1550. The molecule has 1 heterocycles. The fraction of sp³-hybridized carbons (Fsp3) is 0.241. The summed E-state index contributed by atoms with van der Waals surface area (Å²) in [6.45, 7) is -0.562. The molecular weight excluding hydrogens is 554 g/mol. The fourth-order valence-electron chi connectivity index (χ4n) is 4.47. The first kappa shape index (κ1) is 29.5. The minimum Gasteiger partial charge on any atom is -0.493 e. The Balaban J connectivity index is 1.90. The van der Waals surface area contributed by atoms with Gasteiger partial charge >= 0.3 is 12.4 Å². The average molecular weight is 579 g/mol. The van der Waals surface area contributed by atoms with E-state index in [1.54, 1.807) is 42.5 Å². The molecule has 0 aliphatic carbocycles. The number of hydrogen-bond acceptors (Lipinski definition) is 5. The molecule has 41 heavy (non-hydrogen) atoms. The number of nitrogens with zero attached hydrogens (tertiary/aromatic N) is 2. The Kier molecular flexibility index (Phi) is 8.05. The van der Waals surface area contributed by atoms with Crippen molar-refractivity contribution < 1.29 is 45.3 Å². The van der Waals surface area contributed by atoms with E-state index in [-0.39, 0.29) is 23.1 Å². The lowest BCUT2D eigenvalue weighted by Crippen LogP contribution is -2.28. The van der Waals surface area contributed by atoms with Gasteiger partial charge in [0.2, 0.25) is 5.88 Å². The highest BCUT2D eigenvalue weighted by molar-refractivity contribution is 6.11. The van der Waals surface area contributed by atoms with Crippen LogP contribution in [0.3, 0.4) is 0 Å². The van der Waals surface area contributed by atoms with E-state index in [4.69, 9.17) is 14.2 Å². The van der Waals surface area contributed by atoms with Crippen molar-refractivity contribution in [1.82, 2.24) is 9.88 Å². The quantitative estimate of drug-likeness (QED) is 0.217. The van der Waals surface area contributed by atoms with Gasteiger partial charge in [-0.2, -0.15) is 26.3 Å². The number of amides is 1. The molecule has 1 amide bonds. The van der Waals surface area contributed by atoms with Gasteiger partial charge < -0.3 is 19.1 Å². The molecule has 0 aliphatic rings. The molecule has 0 spiro atoms. The molecule has 1 aromatic heterocycles. The Morgan fingerprint density at radius 3 is 1.88 bits per heavy atom. The smallest absolute Gasteiger partial charge is 0.416 e. The van der Waals surface area contributed by atoms with Crippen molar-refractivity contribution in [3.05, 3.63) is 82.9 Å². The van der Waals surface area contributed by atoms with E-state index in [2.05, 4.69) is 4.98 Å². The van der Waals surface area contributed by atoms with Gasteiger partial charge in [0.1, 0.15) is 5.56 Å². The topological polar surface area (TPSA) is 60.9 Å². The van der Waals surface area contributed by atoms with Gasteiger partial charge in [-0.15, -0.1) is 0 Å². The molecule has 0 bridgehead atoms. The number of pyridine rings is 1. The predicted octanol–water partition coefficient (Wildman–Crippen LogP) is 7.24. The van der Waals surface area contributed by atoms with E-state index in [1.807, 2.05) is 0 Å². The molecule has 0 unspecified atom stereocenters. The van der Waals surface area contributed by atoms with Crippen LogP contribution in [-0.4, -0.2) is 44.2 Å². The second-order valence-electron chi connectivity index (χ2n) is 9.04. The summed E-state index contributed by atoms with van der Waals surface area (Å²) in [6, 6.07) is 13.2. The van der Waals surface area contributed by atoms with Crippen molar-refractivity contribution in [2.75, 3.05) is 28.4 Å². The number of fused-ring (bicyclic) bond motifs is 1. The molecular formula is C29H24F6N2O4. The summed E-state index contributed by atoms with van der Waals surface area (Å²) in [6.07, 6.45) is -10.0. The van der Waals surface area contributed by atoms with Gasteiger partial charge in [-0.1, -0.05) is 30.3 Å². The Morgan fingerprint density at radius 1 is 0.805 bits per heavy atom. The second-order valence-corrected chi connectivity index (χ2v) is 9.04. The number of methoxy groups -OCH3 is 3. The third-order valence-corrected chi connectivity index (χ3v) is 6.34. The number of carbonyl (C=O) groups is 1. The molecule has 0 N–H and O–H groups in total. The number of aromatic nitrogens is 1. The molecule has 0 saturated heterocycles. The number of hydrogen-bond donors (Lipinski definition) is 0. The molecule has 0 atom stereocenters. The maximum atomic E-state index is 13.9. The maximum Gasteiger partial charge on any atom is 0.416 e. The zero-order valence-electron chi connectivity index (χ0n) is 22.3. The number of benzene rings is 3. The van der Waals surface area contributed by atoms with Crippen molar-refractivity contribution >= 4 is 16.8 Å². The van der Waals surface area contributed by atoms with Crippen LogP contribution in [0, 0.1) is 0 Å². The van der Waals surface area contributed by atoms with Crippen LogP contribution in [0.5, 0.6) is 17.4 Å². The van der Waals surface area contributed by atoms with Gasteiger partial charge in [0, 0.05) is 30.6 Å². The average Bonchev–Trinajstić information content (AvgIpc) is 2.94. The van der Waals surface area contributed by atoms with Crippen molar-refractivity contribution in [3.8, 4) is 28.5 Å². The van der Waals surface area contributed by atoms with Crippen molar-refractivity contribution in [2.45, 2.75) is 18.9 Å². The SMILES string of the molecule is COc1cc2nc(OC)c(C(=O)N(C)Cc3cc(C(F)(F)F)cc(C(F)(F)F)c3)c(-c3ccccc3)c2cc1OC. The van der Waals surface area contributed by atoms with Crippen molar-refractivity contribution in [2.24, 2.45) is 0 Å². The van der Waals surface area contributed by atoms with Gasteiger partial charge in [-0.3, -0.25) is 4.79 Å². The summed E-state index contributed by atoms with van der Waals surface area (Å²) >= 11 is 0. The first-order chi connectivity index (χ1) is 19.3. The van der Waals surface area contributed by atoms with E-state index in [9.17, 15) is 31.1 Å². The van der Waals surface area contributed by atoms with Gasteiger partial charge in [0.15, 0.2) is 11.5 Å². The zero-order chi connectivity index (χ0) is 30.1. The third-order valence-electron chi connectivity index (χ3n) is 6.34. The Hall–Kier alpha value is -4.48. The first-order valence-corrected chi connectivity index (χ1v) is 12.0. The molecule has 4 aromatic rings. The summed E-state index contributed by atoms with van der Waals surface area (Å²) in [5.41, 5.74) is -1.98. The second kappa shape index (κ2) is 11.2. The highest BCUT2D eigenvalue weighted by Crippen LogP contribution is 2.42. The summed E-state index contributed by atoms with van der Waals surface area (Å²) in [4.78, 5) is 19.4. The molecule has 4 rings (SSSR count). The Labute approximate surface area is 231 Å². The number of carbonyl (C=O) groups excluding carboxylic acids is 1. The molecule has 0 aliphatic heterocycles. The van der Waals surface area contributed by atoms with E-state index in [1.165, 1.54) is 28.4 Å². The number of rotatable bonds is 7. The van der Waals surface area contributed by atoms with Crippen LogP contribution in [0.25, 0.3) is 22.0 Å². The monoisotopic (exact) mass is 578 g/mol. The van der Waals surface area contributed by atoms with Crippen LogP contribution >= 0.6 is 0 Å². The number of alkyl halides is 6. The molecule has 3 aromatic carbocycles. The zero-order valence-corrected chi connectivity index (χ0v) is 22.3. The van der Waals surface area contributed by atoms with Gasteiger partial charge in [-0.25, -0.2) is 4.98 Å².